The van der Waals surface area contributed by atoms with Gasteiger partial charge in [-0.3, -0.25) is 0 Å². The van der Waals surface area contributed by atoms with Crippen molar-refractivity contribution >= 4 is 5.97 Å². The van der Waals surface area contributed by atoms with Crippen LogP contribution in [0.2, 0.25) is 0 Å². The van der Waals surface area contributed by atoms with E-state index in [-0.39, 0.29) is 18.2 Å². The molecule has 206 valence electrons. The number of carbonyl (C=O) groups excluding carboxylic acids is 1. The predicted octanol–water partition coefficient (Wildman–Crippen LogP) is 6.39. The van der Waals surface area contributed by atoms with Gasteiger partial charge in [-0.25, -0.2) is 4.79 Å². The number of rotatable bonds is 8. The molecule has 4 aromatic carbocycles. The second kappa shape index (κ2) is 11.9. The molecule has 5 rings (SSSR count). The van der Waals surface area contributed by atoms with Crippen LogP contribution in [-0.2, 0) is 11.4 Å². The molecule has 0 saturated carbocycles. The molecule has 0 saturated heterocycles. The maximum atomic E-state index is 12.5. The summed E-state index contributed by atoms with van der Waals surface area (Å²) < 4.78 is 22.9. The van der Waals surface area contributed by atoms with Crippen molar-refractivity contribution in [3.63, 3.8) is 0 Å². The van der Waals surface area contributed by atoms with Crippen molar-refractivity contribution in [3.8, 4) is 29.1 Å². The lowest BCUT2D eigenvalue weighted by molar-refractivity contribution is -0.136. The highest BCUT2D eigenvalue weighted by Crippen LogP contribution is 2.44. The fourth-order valence-corrected chi connectivity index (χ4v) is 4.58. The zero-order valence-electron chi connectivity index (χ0n) is 23.1. The molecule has 1 aliphatic heterocycles. The first kappa shape index (κ1) is 27.4. The molecule has 1 unspecified atom stereocenters. The van der Waals surface area contributed by atoms with E-state index in [4.69, 9.17) is 24.7 Å². The summed E-state index contributed by atoms with van der Waals surface area (Å²) in [5.74, 6) is 0.893. The molecule has 0 aromatic heterocycles. The quantitative estimate of drug-likeness (QED) is 0.202. The summed E-state index contributed by atoms with van der Waals surface area (Å²) in [5, 5.41) is 9.94. The summed E-state index contributed by atoms with van der Waals surface area (Å²) in [5.41, 5.74) is 12.5. The van der Waals surface area contributed by atoms with Crippen molar-refractivity contribution in [2.75, 3.05) is 6.61 Å². The van der Waals surface area contributed by atoms with Crippen LogP contribution < -0.4 is 24.7 Å². The highest BCUT2D eigenvalue weighted by molar-refractivity contribution is 5.74. The van der Waals surface area contributed by atoms with Crippen LogP contribution >= 0.6 is 0 Å². The number of aryl methyl sites for hydroxylation is 3. The average molecular weight is 547 g/mol. The minimum atomic E-state index is -0.560. The zero-order valence-corrected chi connectivity index (χ0v) is 23.1. The Hall–Kier alpha value is -5.22. The van der Waals surface area contributed by atoms with E-state index < -0.39 is 11.9 Å². The van der Waals surface area contributed by atoms with E-state index >= 15 is 0 Å². The molecule has 0 bridgehead atoms. The Bertz CT molecular complexity index is 1670. The Kier molecular flexibility index (Phi) is 7.93. The smallest absolute Gasteiger partial charge is 0.349 e. The summed E-state index contributed by atoms with van der Waals surface area (Å²) in [4.78, 5) is 12.5. The summed E-state index contributed by atoms with van der Waals surface area (Å²) in [6, 6.07) is 28.6. The molecule has 0 amide bonds. The number of hydrogen-bond acceptors (Lipinski definition) is 7. The molecule has 4 aromatic rings. The number of nitriles is 1. The van der Waals surface area contributed by atoms with Gasteiger partial charge in [-0.05, 0) is 73.4 Å². The van der Waals surface area contributed by atoms with Crippen LogP contribution in [0.1, 0.15) is 39.3 Å². The van der Waals surface area contributed by atoms with Gasteiger partial charge in [0.1, 0.15) is 41.2 Å². The fraction of sp³-hybridized carbons (Fsp3) is 0.176. The Balaban J connectivity index is 1.33. The Labute approximate surface area is 239 Å². The maximum absolute atomic E-state index is 12.5. The minimum absolute atomic E-state index is 0.00229. The molecular formula is C34H30N2O5. The number of esters is 1. The molecule has 0 aliphatic carbocycles. The lowest BCUT2D eigenvalue weighted by Gasteiger charge is -2.27. The molecule has 0 fully saturated rings. The summed E-state index contributed by atoms with van der Waals surface area (Å²) >= 11 is 0. The molecule has 1 aliphatic rings. The Morgan fingerprint density at radius 1 is 0.878 bits per heavy atom. The maximum Gasteiger partial charge on any atom is 0.349 e. The number of ether oxygens (including phenoxy) is 4. The molecule has 7 nitrogen and oxygen atoms in total. The molecule has 1 atom stereocenters. The SMILES string of the molecule is Cc1ccc(COc2cccc(C3C(C#N)=C(N)Oc4cc(OC(=O)COc5ccc(C)c(C)c5)ccc43)c2)cc1. The van der Waals surface area contributed by atoms with Crippen molar-refractivity contribution in [1.29, 1.82) is 5.26 Å². The first-order valence-electron chi connectivity index (χ1n) is 13.2. The number of nitrogens with zero attached hydrogens (tertiary/aromatic N) is 1. The van der Waals surface area contributed by atoms with E-state index in [9.17, 15) is 10.1 Å². The van der Waals surface area contributed by atoms with Gasteiger partial charge in [0.05, 0.1) is 5.92 Å². The van der Waals surface area contributed by atoms with Gasteiger partial charge >= 0.3 is 5.97 Å². The summed E-state index contributed by atoms with van der Waals surface area (Å²) in [7, 11) is 0. The Morgan fingerprint density at radius 3 is 2.39 bits per heavy atom. The third-order valence-corrected chi connectivity index (χ3v) is 6.97. The Morgan fingerprint density at radius 2 is 1.63 bits per heavy atom. The molecule has 0 spiro atoms. The van der Waals surface area contributed by atoms with Crippen molar-refractivity contribution < 1.29 is 23.7 Å². The third kappa shape index (κ3) is 6.34. The highest BCUT2D eigenvalue weighted by Gasteiger charge is 2.31. The van der Waals surface area contributed by atoms with Crippen LogP contribution in [0.3, 0.4) is 0 Å². The van der Waals surface area contributed by atoms with E-state index in [2.05, 4.69) is 6.07 Å². The van der Waals surface area contributed by atoms with Crippen molar-refractivity contribution in [3.05, 3.63) is 130 Å². The lowest BCUT2D eigenvalue weighted by atomic mass is 9.83. The summed E-state index contributed by atoms with van der Waals surface area (Å²) in [6.07, 6.45) is 0. The van der Waals surface area contributed by atoms with Gasteiger partial charge in [-0.15, -0.1) is 0 Å². The number of carbonyl (C=O) groups is 1. The second-order valence-corrected chi connectivity index (χ2v) is 9.98. The first-order chi connectivity index (χ1) is 19.8. The molecule has 41 heavy (non-hydrogen) atoms. The fourth-order valence-electron chi connectivity index (χ4n) is 4.58. The third-order valence-electron chi connectivity index (χ3n) is 6.97. The highest BCUT2D eigenvalue weighted by atomic mass is 16.6. The average Bonchev–Trinajstić information content (AvgIpc) is 2.97. The van der Waals surface area contributed by atoms with Crippen LogP contribution in [0.4, 0.5) is 0 Å². The number of allylic oxidation sites excluding steroid dienone is 1. The zero-order chi connectivity index (χ0) is 28.9. The first-order valence-corrected chi connectivity index (χ1v) is 13.2. The van der Waals surface area contributed by atoms with Crippen LogP contribution in [0, 0.1) is 32.1 Å². The second-order valence-electron chi connectivity index (χ2n) is 9.98. The van der Waals surface area contributed by atoms with Crippen molar-refractivity contribution in [2.24, 2.45) is 5.73 Å². The van der Waals surface area contributed by atoms with Gasteiger partial charge in [-0.2, -0.15) is 5.26 Å². The molecule has 7 heteroatoms. The minimum Gasteiger partial charge on any atom is -0.489 e. The van der Waals surface area contributed by atoms with Gasteiger partial charge in [0, 0.05) is 11.6 Å². The number of hydrogen-bond donors (Lipinski definition) is 1. The van der Waals surface area contributed by atoms with Crippen LogP contribution in [0.25, 0.3) is 0 Å². The number of benzene rings is 4. The van der Waals surface area contributed by atoms with Gasteiger partial charge < -0.3 is 24.7 Å². The van der Waals surface area contributed by atoms with E-state index in [0.717, 1.165) is 27.8 Å². The molecule has 1 heterocycles. The number of fused-ring (bicyclic) bond motifs is 1. The van der Waals surface area contributed by atoms with Crippen molar-refractivity contribution in [1.82, 2.24) is 0 Å². The van der Waals surface area contributed by atoms with Gasteiger partial charge in [-0.1, -0.05) is 54.1 Å². The van der Waals surface area contributed by atoms with Gasteiger partial charge in [0.25, 0.3) is 0 Å². The largest absolute Gasteiger partial charge is 0.489 e. The van der Waals surface area contributed by atoms with Gasteiger partial charge in [0.15, 0.2) is 6.61 Å². The van der Waals surface area contributed by atoms with E-state index in [1.165, 1.54) is 5.56 Å². The molecular weight excluding hydrogens is 516 g/mol. The number of nitrogens with two attached hydrogens (primary N) is 1. The van der Waals surface area contributed by atoms with E-state index in [1.54, 1.807) is 18.2 Å². The van der Waals surface area contributed by atoms with Crippen LogP contribution in [-0.4, -0.2) is 12.6 Å². The van der Waals surface area contributed by atoms with E-state index in [0.29, 0.717) is 29.4 Å². The van der Waals surface area contributed by atoms with Crippen LogP contribution in [0.15, 0.2) is 96.4 Å². The molecule has 0 radical (unpaired) electrons. The predicted molar refractivity (Wildman–Crippen MR) is 155 cm³/mol. The summed E-state index contributed by atoms with van der Waals surface area (Å²) in [6.45, 7) is 6.20. The van der Waals surface area contributed by atoms with Crippen LogP contribution in [0.5, 0.6) is 23.0 Å². The molecule has 2 N–H and O–H groups in total. The van der Waals surface area contributed by atoms with E-state index in [1.807, 2.05) is 87.5 Å². The standard InChI is InChI=1S/C34H30N2O5/c1-21-7-10-24(11-8-21)19-38-26-6-4-5-25(16-26)33-29-14-13-28(17-31(29)41-34(36)30(33)18-35)40-32(37)20-39-27-12-9-22(2)23(3)15-27/h4-17,33H,19-20,36H2,1-3H3. The van der Waals surface area contributed by atoms with Gasteiger partial charge in [0.2, 0.25) is 5.88 Å². The normalized spacial score (nSPS) is 14.0. The monoisotopic (exact) mass is 546 g/mol. The lowest BCUT2D eigenvalue weighted by Crippen LogP contribution is -2.21. The van der Waals surface area contributed by atoms with Crippen molar-refractivity contribution in [2.45, 2.75) is 33.3 Å². The topological polar surface area (TPSA) is 104 Å².